The second kappa shape index (κ2) is 6.06. The second-order valence-electron chi connectivity index (χ2n) is 4.90. The molecule has 0 spiro atoms. The van der Waals surface area contributed by atoms with Crippen molar-refractivity contribution in [3.8, 4) is 5.75 Å². The molecule has 0 saturated heterocycles. The lowest BCUT2D eigenvalue weighted by atomic mass is 10.0. The highest BCUT2D eigenvalue weighted by Crippen LogP contribution is 2.30. The highest BCUT2D eigenvalue weighted by molar-refractivity contribution is 5.44. The maximum atomic E-state index is 5.72. The van der Waals surface area contributed by atoms with Gasteiger partial charge in [-0.25, -0.2) is 0 Å². The average molecular weight is 233 g/mol. The second-order valence-corrected chi connectivity index (χ2v) is 4.90. The molecule has 0 aromatic heterocycles. The van der Waals surface area contributed by atoms with Gasteiger partial charge in [-0.2, -0.15) is 0 Å². The number of ether oxygens (including phenoxy) is 1. The van der Waals surface area contributed by atoms with Crippen LogP contribution >= 0.6 is 0 Å². The van der Waals surface area contributed by atoms with Gasteiger partial charge in [0.15, 0.2) is 0 Å². The Bertz CT molecular complexity index is 362. The summed E-state index contributed by atoms with van der Waals surface area (Å²) in [6, 6.07) is 7.14. The molecule has 1 atom stereocenters. The summed E-state index contributed by atoms with van der Waals surface area (Å²) < 4.78 is 5.72. The maximum Gasteiger partial charge on any atom is 0.125 e. The van der Waals surface area contributed by atoms with Crippen LogP contribution in [0.3, 0.4) is 0 Å². The third-order valence-corrected chi connectivity index (χ3v) is 3.39. The van der Waals surface area contributed by atoms with E-state index in [2.05, 4.69) is 37.4 Å². The zero-order valence-corrected chi connectivity index (χ0v) is 11.0. The first-order chi connectivity index (χ1) is 8.31. The minimum absolute atomic E-state index is 0.590. The number of hydrogen-bond donors (Lipinski definition) is 1. The Morgan fingerprint density at radius 3 is 3.12 bits per heavy atom. The van der Waals surface area contributed by atoms with Crippen molar-refractivity contribution in [3.05, 3.63) is 29.3 Å². The molecule has 0 fully saturated rings. The van der Waals surface area contributed by atoms with Crippen molar-refractivity contribution in [1.29, 1.82) is 0 Å². The molecule has 0 bridgehead atoms. The summed E-state index contributed by atoms with van der Waals surface area (Å²) in [6.07, 6.45) is 4.57. The molecule has 0 radical (unpaired) electrons. The van der Waals surface area contributed by atoms with Crippen molar-refractivity contribution in [2.24, 2.45) is 0 Å². The summed E-state index contributed by atoms with van der Waals surface area (Å²) in [5, 5.41) is 3.53. The zero-order chi connectivity index (χ0) is 12.1. The van der Waals surface area contributed by atoms with Gasteiger partial charge in [0, 0.05) is 12.5 Å². The van der Waals surface area contributed by atoms with Crippen molar-refractivity contribution in [2.45, 2.75) is 45.6 Å². The van der Waals surface area contributed by atoms with Gasteiger partial charge in [0.2, 0.25) is 0 Å². The monoisotopic (exact) mass is 233 g/mol. The number of rotatable bonds is 6. The van der Waals surface area contributed by atoms with E-state index in [0.717, 1.165) is 31.7 Å². The van der Waals surface area contributed by atoms with Crippen LogP contribution in [0.1, 0.15) is 37.8 Å². The molecule has 1 N–H and O–H groups in total. The van der Waals surface area contributed by atoms with Crippen LogP contribution in [0.4, 0.5) is 0 Å². The molecule has 0 aliphatic carbocycles. The molecule has 1 aromatic rings. The van der Waals surface area contributed by atoms with Crippen LogP contribution in [0.5, 0.6) is 5.75 Å². The van der Waals surface area contributed by atoms with E-state index < -0.39 is 0 Å². The SMILES string of the molecule is CCCNC(C)CCc1cccc2c1OCC2. The largest absolute Gasteiger partial charge is 0.493 e. The van der Waals surface area contributed by atoms with E-state index in [-0.39, 0.29) is 0 Å². The summed E-state index contributed by atoms with van der Waals surface area (Å²) >= 11 is 0. The molecule has 2 rings (SSSR count). The number of hydrogen-bond acceptors (Lipinski definition) is 2. The Morgan fingerprint density at radius 2 is 2.29 bits per heavy atom. The highest BCUT2D eigenvalue weighted by Gasteiger charge is 2.15. The lowest BCUT2D eigenvalue weighted by Gasteiger charge is -2.14. The average Bonchev–Trinajstić information content (AvgIpc) is 2.82. The Kier molecular flexibility index (Phi) is 4.43. The number of benzene rings is 1. The molecular weight excluding hydrogens is 210 g/mol. The topological polar surface area (TPSA) is 21.3 Å². The Morgan fingerprint density at radius 1 is 1.41 bits per heavy atom. The summed E-state index contributed by atoms with van der Waals surface area (Å²) in [5.41, 5.74) is 2.77. The quantitative estimate of drug-likeness (QED) is 0.815. The van der Waals surface area contributed by atoms with Crippen molar-refractivity contribution >= 4 is 0 Å². The Balaban J connectivity index is 1.89. The fraction of sp³-hybridized carbons (Fsp3) is 0.600. The normalized spacial score (nSPS) is 15.4. The summed E-state index contributed by atoms with van der Waals surface area (Å²) in [5.74, 6) is 1.16. The van der Waals surface area contributed by atoms with Crippen molar-refractivity contribution in [1.82, 2.24) is 5.32 Å². The molecule has 1 heterocycles. The van der Waals surface area contributed by atoms with Crippen molar-refractivity contribution < 1.29 is 4.74 Å². The molecule has 1 aromatic carbocycles. The van der Waals surface area contributed by atoms with Crippen molar-refractivity contribution in [2.75, 3.05) is 13.2 Å². The van der Waals surface area contributed by atoms with E-state index in [0.29, 0.717) is 6.04 Å². The molecule has 17 heavy (non-hydrogen) atoms. The highest BCUT2D eigenvalue weighted by atomic mass is 16.5. The molecule has 1 aliphatic heterocycles. The molecule has 1 unspecified atom stereocenters. The minimum Gasteiger partial charge on any atom is -0.493 e. The molecule has 0 amide bonds. The summed E-state index contributed by atoms with van der Waals surface area (Å²) in [4.78, 5) is 0. The number of fused-ring (bicyclic) bond motifs is 1. The number of aryl methyl sites for hydroxylation is 1. The fourth-order valence-corrected chi connectivity index (χ4v) is 2.35. The van der Waals surface area contributed by atoms with Gasteiger partial charge >= 0.3 is 0 Å². The third kappa shape index (κ3) is 3.22. The molecule has 94 valence electrons. The zero-order valence-electron chi connectivity index (χ0n) is 11.0. The lowest BCUT2D eigenvalue weighted by molar-refractivity contribution is 0.352. The lowest BCUT2D eigenvalue weighted by Crippen LogP contribution is -2.27. The summed E-state index contributed by atoms with van der Waals surface area (Å²) in [6.45, 7) is 6.44. The number of para-hydroxylation sites is 1. The van der Waals surface area contributed by atoms with Crippen LogP contribution in [0.2, 0.25) is 0 Å². The first kappa shape index (κ1) is 12.4. The standard InChI is InChI=1S/C15H23NO/c1-3-10-16-12(2)7-8-13-5-4-6-14-9-11-17-15(13)14/h4-6,12,16H,3,7-11H2,1-2H3. The molecular formula is C15H23NO. The van der Waals surface area contributed by atoms with Gasteiger partial charge in [0.05, 0.1) is 6.61 Å². The van der Waals surface area contributed by atoms with Crippen molar-refractivity contribution in [3.63, 3.8) is 0 Å². The van der Waals surface area contributed by atoms with E-state index in [1.54, 1.807) is 0 Å². The molecule has 2 nitrogen and oxygen atoms in total. The Hall–Kier alpha value is -1.02. The first-order valence-corrected chi connectivity index (χ1v) is 6.78. The number of nitrogens with one attached hydrogen (secondary N) is 1. The van der Waals surface area contributed by atoms with Gasteiger partial charge < -0.3 is 10.1 Å². The fourth-order valence-electron chi connectivity index (χ4n) is 2.35. The van der Waals surface area contributed by atoms with Gasteiger partial charge in [0.25, 0.3) is 0 Å². The van der Waals surface area contributed by atoms with Crippen LogP contribution < -0.4 is 10.1 Å². The van der Waals surface area contributed by atoms with Crippen LogP contribution in [0, 0.1) is 0 Å². The molecule has 2 heteroatoms. The third-order valence-electron chi connectivity index (χ3n) is 3.39. The van der Waals surface area contributed by atoms with E-state index >= 15 is 0 Å². The predicted molar refractivity (Wildman–Crippen MR) is 71.7 cm³/mol. The van der Waals surface area contributed by atoms with Crippen LogP contribution in [0.25, 0.3) is 0 Å². The maximum absolute atomic E-state index is 5.72. The van der Waals surface area contributed by atoms with Crippen LogP contribution in [0.15, 0.2) is 18.2 Å². The van der Waals surface area contributed by atoms with Gasteiger partial charge in [-0.3, -0.25) is 0 Å². The summed E-state index contributed by atoms with van der Waals surface area (Å²) in [7, 11) is 0. The van der Waals surface area contributed by atoms with E-state index in [1.165, 1.54) is 24.0 Å². The van der Waals surface area contributed by atoms with E-state index in [9.17, 15) is 0 Å². The van der Waals surface area contributed by atoms with Gasteiger partial charge in [-0.15, -0.1) is 0 Å². The Labute approximate surface area is 104 Å². The first-order valence-electron chi connectivity index (χ1n) is 6.78. The predicted octanol–water partition coefficient (Wildman–Crippen LogP) is 2.94. The smallest absolute Gasteiger partial charge is 0.125 e. The van der Waals surface area contributed by atoms with E-state index in [4.69, 9.17) is 4.74 Å². The van der Waals surface area contributed by atoms with E-state index in [1.807, 2.05) is 0 Å². The van der Waals surface area contributed by atoms with Gasteiger partial charge in [-0.05, 0) is 43.9 Å². The minimum atomic E-state index is 0.590. The van der Waals surface area contributed by atoms with Gasteiger partial charge in [0.1, 0.15) is 5.75 Å². The molecule has 1 aliphatic rings. The van der Waals surface area contributed by atoms with Crippen LogP contribution in [-0.2, 0) is 12.8 Å². The van der Waals surface area contributed by atoms with Crippen LogP contribution in [-0.4, -0.2) is 19.2 Å². The van der Waals surface area contributed by atoms with Gasteiger partial charge in [-0.1, -0.05) is 25.1 Å². The molecule has 0 saturated carbocycles.